The van der Waals surface area contributed by atoms with Crippen LogP contribution in [0.2, 0.25) is 0 Å². The first-order valence-corrected chi connectivity index (χ1v) is 8.31. The summed E-state index contributed by atoms with van der Waals surface area (Å²) >= 11 is 3.49. The number of para-hydroxylation sites is 1. The molecule has 0 spiro atoms. The number of nitrogens with two attached hydrogens (primary N) is 1. The van der Waals surface area contributed by atoms with Crippen molar-refractivity contribution in [2.24, 2.45) is 17.9 Å². The van der Waals surface area contributed by atoms with Gasteiger partial charge >= 0.3 is 0 Å². The molecule has 0 amide bonds. The molecule has 0 aliphatic rings. The van der Waals surface area contributed by atoms with Crippen molar-refractivity contribution in [1.82, 2.24) is 9.99 Å². The highest BCUT2D eigenvalue weighted by molar-refractivity contribution is 9.10. The molecule has 1 aromatic heterocycles. The molecular weight excluding hydrogens is 366 g/mol. The van der Waals surface area contributed by atoms with E-state index in [0.717, 1.165) is 15.7 Å². The van der Waals surface area contributed by atoms with Crippen LogP contribution in [-0.2, 0) is 13.5 Å². The zero-order valence-corrected chi connectivity index (χ0v) is 14.8. The SMILES string of the molecule is Cn1c(-c2ccc(Br)cc2)c(CC=NNC(=N)N)c2ccccc21. The molecule has 0 unspecified atom stereocenters. The van der Waals surface area contributed by atoms with Crippen LogP contribution < -0.4 is 11.2 Å². The van der Waals surface area contributed by atoms with Crippen molar-refractivity contribution in [2.45, 2.75) is 6.42 Å². The van der Waals surface area contributed by atoms with E-state index >= 15 is 0 Å². The molecule has 0 atom stereocenters. The summed E-state index contributed by atoms with van der Waals surface area (Å²) < 4.78 is 3.26. The summed E-state index contributed by atoms with van der Waals surface area (Å²) in [5.41, 5.74) is 12.4. The zero-order chi connectivity index (χ0) is 17.1. The van der Waals surface area contributed by atoms with Gasteiger partial charge in [0.25, 0.3) is 0 Å². The number of hydrogen-bond donors (Lipinski definition) is 3. The summed E-state index contributed by atoms with van der Waals surface area (Å²) in [4.78, 5) is 0. The summed E-state index contributed by atoms with van der Waals surface area (Å²) in [5.74, 6) is -0.169. The van der Waals surface area contributed by atoms with Crippen molar-refractivity contribution in [2.75, 3.05) is 0 Å². The van der Waals surface area contributed by atoms with Gasteiger partial charge in [0.15, 0.2) is 0 Å². The molecular formula is C18H18BrN5. The number of rotatable bonds is 4. The van der Waals surface area contributed by atoms with Gasteiger partial charge in [0.1, 0.15) is 0 Å². The predicted octanol–water partition coefficient (Wildman–Crippen LogP) is 3.62. The summed E-state index contributed by atoms with van der Waals surface area (Å²) in [6.45, 7) is 0. The molecule has 0 fully saturated rings. The minimum absolute atomic E-state index is 0.169. The van der Waals surface area contributed by atoms with E-state index in [1.54, 1.807) is 6.21 Å². The zero-order valence-electron chi connectivity index (χ0n) is 13.3. The number of nitrogens with zero attached hydrogens (tertiary/aromatic N) is 2. The van der Waals surface area contributed by atoms with Crippen molar-refractivity contribution >= 4 is 39.0 Å². The third-order valence-corrected chi connectivity index (χ3v) is 4.43. The van der Waals surface area contributed by atoms with E-state index in [0.29, 0.717) is 6.42 Å². The molecule has 0 saturated heterocycles. The van der Waals surface area contributed by atoms with Gasteiger partial charge in [0.05, 0.1) is 5.69 Å². The van der Waals surface area contributed by atoms with E-state index in [-0.39, 0.29) is 5.96 Å². The molecule has 0 aliphatic heterocycles. The first-order chi connectivity index (χ1) is 11.6. The summed E-state index contributed by atoms with van der Waals surface area (Å²) in [7, 11) is 2.08. The van der Waals surface area contributed by atoms with Crippen LogP contribution in [0.25, 0.3) is 22.2 Å². The van der Waals surface area contributed by atoms with Crippen molar-refractivity contribution in [1.29, 1.82) is 5.41 Å². The van der Waals surface area contributed by atoms with Crippen LogP contribution >= 0.6 is 15.9 Å². The summed E-state index contributed by atoms with van der Waals surface area (Å²) in [5, 5.41) is 12.3. The molecule has 122 valence electrons. The van der Waals surface area contributed by atoms with E-state index in [1.165, 1.54) is 16.5 Å². The Labute approximate surface area is 148 Å². The van der Waals surface area contributed by atoms with Gasteiger partial charge < -0.3 is 10.3 Å². The Morgan fingerprint density at radius 1 is 1.25 bits per heavy atom. The van der Waals surface area contributed by atoms with Crippen LogP contribution in [0, 0.1) is 5.41 Å². The van der Waals surface area contributed by atoms with Gasteiger partial charge in [-0.15, -0.1) is 0 Å². The molecule has 6 heteroatoms. The summed E-state index contributed by atoms with van der Waals surface area (Å²) in [6, 6.07) is 16.6. The quantitative estimate of drug-likeness (QED) is 0.365. The van der Waals surface area contributed by atoms with Crippen molar-refractivity contribution in [3.63, 3.8) is 0 Å². The fraction of sp³-hybridized carbons (Fsp3) is 0.111. The lowest BCUT2D eigenvalue weighted by Crippen LogP contribution is -2.25. The van der Waals surface area contributed by atoms with Crippen molar-refractivity contribution in [3.8, 4) is 11.3 Å². The van der Waals surface area contributed by atoms with Crippen molar-refractivity contribution < 1.29 is 0 Å². The van der Waals surface area contributed by atoms with E-state index in [2.05, 4.69) is 62.3 Å². The smallest absolute Gasteiger partial charge is 0.206 e. The van der Waals surface area contributed by atoms with E-state index in [1.807, 2.05) is 24.3 Å². The monoisotopic (exact) mass is 383 g/mol. The average Bonchev–Trinajstić information content (AvgIpc) is 2.85. The van der Waals surface area contributed by atoms with Crippen LogP contribution in [0.3, 0.4) is 0 Å². The Morgan fingerprint density at radius 2 is 1.96 bits per heavy atom. The number of fused-ring (bicyclic) bond motifs is 1. The molecule has 0 bridgehead atoms. The Bertz CT molecular complexity index is 909. The van der Waals surface area contributed by atoms with E-state index < -0.39 is 0 Å². The fourth-order valence-electron chi connectivity index (χ4n) is 2.91. The maximum absolute atomic E-state index is 7.15. The molecule has 3 rings (SSSR count). The third kappa shape index (κ3) is 3.19. The van der Waals surface area contributed by atoms with E-state index in [9.17, 15) is 0 Å². The molecule has 0 saturated carbocycles. The minimum Gasteiger partial charge on any atom is -0.369 e. The first-order valence-electron chi connectivity index (χ1n) is 7.51. The highest BCUT2D eigenvalue weighted by Gasteiger charge is 2.15. The lowest BCUT2D eigenvalue weighted by atomic mass is 10.0. The predicted molar refractivity (Wildman–Crippen MR) is 103 cm³/mol. The third-order valence-electron chi connectivity index (χ3n) is 3.90. The van der Waals surface area contributed by atoms with Gasteiger partial charge in [-0.25, -0.2) is 5.43 Å². The maximum atomic E-state index is 7.15. The number of benzene rings is 2. The largest absolute Gasteiger partial charge is 0.369 e. The second kappa shape index (κ2) is 6.88. The van der Waals surface area contributed by atoms with Gasteiger partial charge in [0.2, 0.25) is 5.96 Å². The van der Waals surface area contributed by atoms with Gasteiger partial charge in [-0.3, -0.25) is 5.41 Å². The Kier molecular flexibility index (Phi) is 4.66. The summed E-state index contributed by atoms with van der Waals surface area (Å²) in [6.07, 6.45) is 2.39. The van der Waals surface area contributed by atoms with Crippen molar-refractivity contribution in [3.05, 3.63) is 58.6 Å². The van der Waals surface area contributed by atoms with Gasteiger partial charge in [-0.2, -0.15) is 5.10 Å². The Hall–Kier alpha value is -2.60. The molecule has 0 radical (unpaired) electrons. The highest BCUT2D eigenvalue weighted by atomic mass is 79.9. The van der Waals surface area contributed by atoms with Gasteiger partial charge in [0, 0.05) is 35.1 Å². The average molecular weight is 384 g/mol. The number of hydrazone groups is 1. The van der Waals surface area contributed by atoms with Gasteiger partial charge in [-0.05, 0) is 29.3 Å². The number of aromatic nitrogens is 1. The second-order valence-electron chi connectivity index (χ2n) is 5.45. The molecule has 5 nitrogen and oxygen atoms in total. The topological polar surface area (TPSA) is 79.2 Å². The lowest BCUT2D eigenvalue weighted by molar-refractivity contribution is 0.969. The van der Waals surface area contributed by atoms with Crippen LogP contribution in [-0.4, -0.2) is 16.7 Å². The fourth-order valence-corrected chi connectivity index (χ4v) is 3.17. The van der Waals surface area contributed by atoms with Crippen LogP contribution in [0.15, 0.2) is 58.1 Å². The molecule has 4 N–H and O–H groups in total. The number of aryl methyl sites for hydroxylation is 1. The van der Waals surface area contributed by atoms with Crippen LogP contribution in [0.5, 0.6) is 0 Å². The highest BCUT2D eigenvalue weighted by Crippen LogP contribution is 2.33. The second-order valence-corrected chi connectivity index (χ2v) is 6.37. The molecule has 3 aromatic rings. The number of nitrogens with one attached hydrogen (secondary N) is 2. The first kappa shape index (κ1) is 16.3. The van der Waals surface area contributed by atoms with Crippen LogP contribution in [0.1, 0.15) is 5.56 Å². The number of hydrogen-bond acceptors (Lipinski definition) is 2. The number of halogens is 1. The number of guanidine groups is 1. The minimum atomic E-state index is -0.169. The lowest BCUT2D eigenvalue weighted by Gasteiger charge is -2.07. The standard InChI is InChI=1S/C18H18BrN5/c1-24-16-5-3-2-4-14(16)15(10-11-22-23-18(20)21)17(24)12-6-8-13(19)9-7-12/h2-9,11H,10H2,1H3,(H4,20,21,23). The Balaban J connectivity index is 2.10. The van der Waals surface area contributed by atoms with Crippen LogP contribution in [0.4, 0.5) is 0 Å². The molecule has 2 aromatic carbocycles. The molecule has 24 heavy (non-hydrogen) atoms. The molecule has 1 heterocycles. The van der Waals surface area contributed by atoms with Gasteiger partial charge in [-0.1, -0.05) is 46.3 Å². The maximum Gasteiger partial charge on any atom is 0.206 e. The van der Waals surface area contributed by atoms with E-state index in [4.69, 9.17) is 11.1 Å². The normalized spacial score (nSPS) is 11.2. The Morgan fingerprint density at radius 3 is 2.67 bits per heavy atom. The molecule has 0 aliphatic carbocycles.